The minimum absolute atomic E-state index is 0.140. The molecule has 1 atom stereocenters. The minimum atomic E-state index is -0.644. The van der Waals surface area contributed by atoms with E-state index in [1.165, 1.54) is 11.3 Å². The molecule has 0 unspecified atom stereocenters. The lowest BCUT2D eigenvalue weighted by atomic mass is 10.00. The Hall–Kier alpha value is -2.68. The third-order valence-corrected chi connectivity index (χ3v) is 6.64. The number of rotatable bonds is 8. The summed E-state index contributed by atoms with van der Waals surface area (Å²) < 4.78 is 11.0. The normalized spacial score (nSPS) is 21.3. The Morgan fingerprint density at radius 3 is 2.56 bits per heavy atom. The van der Waals surface area contributed by atoms with Crippen LogP contribution in [0.2, 0.25) is 0 Å². The van der Waals surface area contributed by atoms with Gasteiger partial charge in [-0.3, -0.25) is 14.5 Å². The highest BCUT2D eigenvalue weighted by Crippen LogP contribution is 2.41. The monoisotopic (exact) mass is 456 g/mol. The number of benzene rings is 1. The van der Waals surface area contributed by atoms with Crippen LogP contribution in [0.3, 0.4) is 0 Å². The average Bonchev–Trinajstić information content (AvgIpc) is 3.44. The fraction of sp³-hybridized carbons (Fsp3) is 0.417. The average molecular weight is 457 g/mol. The Labute approximate surface area is 191 Å². The van der Waals surface area contributed by atoms with Gasteiger partial charge in [0.25, 0.3) is 11.7 Å². The van der Waals surface area contributed by atoms with Crippen LogP contribution < -0.4 is 4.74 Å². The van der Waals surface area contributed by atoms with Crippen molar-refractivity contribution >= 4 is 28.8 Å². The first kappa shape index (κ1) is 22.5. The third-order valence-electron chi connectivity index (χ3n) is 5.71. The van der Waals surface area contributed by atoms with Crippen LogP contribution >= 0.6 is 11.3 Å². The van der Waals surface area contributed by atoms with Gasteiger partial charge >= 0.3 is 0 Å². The summed E-state index contributed by atoms with van der Waals surface area (Å²) in [4.78, 5) is 30.7. The number of hydrogen-bond donors (Lipinski definition) is 1. The summed E-state index contributed by atoms with van der Waals surface area (Å²) in [5, 5.41) is 13.0. The maximum Gasteiger partial charge on any atom is 0.295 e. The van der Waals surface area contributed by atoms with Gasteiger partial charge in [0.15, 0.2) is 0 Å². The van der Waals surface area contributed by atoms with E-state index in [2.05, 4.69) is 4.90 Å². The highest BCUT2D eigenvalue weighted by molar-refractivity contribution is 7.10. The molecule has 1 amide bonds. The molecule has 2 aliphatic heterocycles. The molecule has 4 rings (SSSR count). The van der Waals surface area contributed by atoms with E-state index in [0.717, 1.165) is 24.4 Å². The summed E-state index contributed by atoms with van der Waals surface area (Å²) in [5.41, 5.74) is 0.628. The largest absolute Gasteiger partial charge is 0.507 e. The van der Waals surface area contributed by atoms with Crippen LogP contribution in [0, 0.1) is 0 Å². The summed E-state index contributed by atoms with van der Waals surface area (Å²) >= 11 is 1.47. The molecule has 1 N–H and O–H groups in total. The molecule has 0 bridgehead atoms. The molecular formula is C24H28N2O5S. The Morgan fingerprint density at radius 1 is 1.16 bits per heavy atom. The molecule has 0 radical (unpaired) electrons. The van der Waals surface area contributed by atoms with E-state index in [4.69, 9.17) is 9.47 Å². The molecular weight excluding hydrogens is 428 g/mol. The molecule has 0 aliphatic carbocycles. The highest BCUT2D eigenvalue weighted by Gasteiger charge is 2.46. The summed E-state index contributed by atoms with van der Waals surface area (Å²) in [5.74, 6) is -0.669. The lowest BCUT2D eigenvalue weighted by molar-refractivity contribution is -0.140. The van der Waals surface area contributed by atoms with E-state index in [9.17, 15) is 14.7 Å². The van der Waals surface area contributed by atoms with Crippen molar-refractivity contribution in [1.29, 1.82) is 0 Å². The second kappa shape index (κ2) is 10.3. The molecule has 170 valence electrons. The molecule has 2 fully saturated rings. The second-order valence-electron chi connectivity index (χ2n) is 7.83. The zero-order valence-corrected chi connectivity index (χ0v) is 19.0. The molecule has 0 spiro atoms. The van der Waals surface area contributed by atoms with E-state index in [1.807, 2.05) is 24.4 Å². The van der Waals surface area contributed by atoms with E-state index in [-0.39, 0.29) is 11.3 Å². The van der Waals surface area contributed by atoms with Crippen molar-refractivity contribution in [2.75, 3.05) is 46.0 Å². The maximum atomic E-state index is 13.0. The van der Waals surface area contributed by atoms with E-state index in [1.54, 1.807) is 29.2 Å². The quantitative estimate of drug-likeness (QED) is 0.373. The second-order valence-corrected chi connectivity index (χ2v) is 8.81. The number of carbonyl (C=O) groups excluding carboxylic acids is 2. The number of hydrogen-bond acceptors (Lipinski definition) is 7. The van der Waals surface area contributed by atoms with Crippen molar-refractivity contribution in [3.63, 3.8) is 0 Å². The Bertz CT molecular complexity index is 965. The summed E-state index contributed by atoms with van der Waals surface area (Å²) in [7, 11) is 0. The zero-order chi connectivity index (χ0) is 22.5. The van der Waals surface area contributed by atoms with Crippen molar-refractivity contribution < 1.29 is 24.2 Å². The van der Waals surface area contributed by atoms with E-state index >= 15 is 0 Å². The maximum absolute atomic E-state index is 13.0. The van der Waals surface area contributed by atoms with E-state index < -0.39 is 17.7 Å². The van der Waals surface area contributed by atoms with Gasteiger partial charge in [-0.15, -0.1) is 11.3 Å². The van der Waals surface area contributed by atoms with Gasteiger partial charge in [0.1, 0.15) is 11.5 Å². The summed E-state index contributed by atoms with van der Waals surface area (Å²) in [6.45, 7) is 6.66. The minimum Gasteiger partial charge on any atom is -0.507 e. The van der Waals surface area contributed by atoms with Gasteiger partial charge < -0.3 is 19.5 Å². The van der Waals surface area contributed by atoms with Crippen molar-refractivity contribution in [1.82, 2.24) is 9.80 Å². The van der Waals surface area contributed by atoms with Crippen LogP contribution in [0.25, 0.3) is 5.76 Å². The first-order valence-corrected chi connectivity index (χ1v) is 11.8. The number of morpholine rings is 1. The van der Waals surface area contributed by atoms with Crippen LogP contribution in [-0.4, -0.2) is 72.6 Å². The van der Waals surface area contributed by atoms with Gasteiger partial charge in [-0.2, -0.15) is 0 Å². The molecule has 2 aromatic rings. The van der Waals surface area contributed by atoms with Gasteiger partial charge in [0.05, 0.1) is 31.4 Å². The number of ether oxygens (including phenoxy) is 2. The van der Waals surface area contributed by atoms with Gasteiger partial charge in [0.2, 0.25) is 0 Å². The number of amides is 1. The van der Waals surface area contributed by atoms with Crippen LogP contribution in [0.4, 0.5) is 0 Å². The number of nitrogens with zero attached hydrogens (tertiary/aromatic N) is 2. The lowest BCUT2D eigenvalue weighted by Crippen LogP contribution is -2.42. The van der Waals surface area contributed by atoms with Gasteiger partial charge in [-0.25, -0.2) is 0 Å². The van der Waals surface area contributed by atoms with Crippen LogP contribution in [0.5, 0.6) is 5.75 Å². The molecule has 1 aromatic heterocycles. The molecule has 2 saturated heterocycles. The molecule has 0 saturated carbocycles. The predicted octanol–water partition coefficient (Wildman–Crippen LogP) is 3.29. The van der Waals surface area contributed by atoms with Crippen LogP contribution in [0.15, 0.2) is 47.4 Å². The Kier molecular flexibility index (Phi) is 7.24. The highest BCUT2D eigenvalue weighted by atomic mass is 32.1. The van der Waals surface area contributed by atoms with Crippen molar-refractivity contribution in [3.05, 3.63) is 57.8 Å². The molecule has 3 heterocycles. The Balaban J connectivity index is 1.63. The van der Waals surface area contributed by atoms with Crippen molar-refractivity contribution in [3.8, 4) is 5.75 Å². The number of aliphatic hydroxyl groups excluding tert-OH is 1. The number of carbonyl (C=O) groups is 2. The lowest BCUT2D eigenvalue weighted by Gasteiger charge is -2.30. The summed E-state index contributed by atoms with van der Waals surface area (Å²) in [6.07, 6.45) is 0.899. The molecule has 32 heavy (non-hydrogen) atoms. The number of Topliss-reactive ketones (excluding diaryl/α,β-unsaturated/α-hetero) is 1. The third kappa shape index (κ3) is 4.72. The number of aliphatic hydroxyl groups is 1. The van der Waals surface area contributed by atoms with Gasteiger partial charge in [-0.05, 0) is 42.1 Å². The molecule has 1 aromatic carbocycles. The standard InChI is InChI=1S/C24H28N2O5S/c1-2-13-31-18-7-5-17(6-8-18)22(27)20-21(19-4-3-16-32-19)26(24(29)23(20)28)10-9-25-11-14-30-15-12-25/h3-8,16,21,27H,2,9-15H2,1H3/b22-20+/t21-/m1/s1. The van der Waals surface area contributed by atoms with Gasteiger partial charge in [-0.1, -0.05) is 13.0 Å². The predicted molar refractivity (Wildman–Crippen MR) is 123 cm³/mol. The SMILES string of the molecule is CCCOc1ccc(/C(O)=C2\C(=O)C(=O)N(CCN3CCOCC3)[C@@H]2c2cccs2)cc1. The van der Waals surface area contributed by atoms with Crippen LogP contribution in [0.1, 0.15) is 29.8 Å². The first-order valence-electron chi connectivity index (χ1n) is 10.9. The van der Waals surface area contributed by atoms with Crippen molar-refractivity contribution in [2.45, 2.75) is 19.4 Å². The molecule has 2 aliphatic rings. The fourth-order valence-electron chi connectivity index (χ4n) is 4.01. The number of thiophene rings is 1. The zero-order valence-electron chi connectivity index (χ0n) is 18.2. The number of likely N-dealkylation sites (tertiary alicyclic amines) is 1. The molecule has 8 heteroatoms. The summed E-state index contributed by atoms with van der Waals surface area (Å²) in [6, 6.07) is 10.2. The Morgan fingerprint density at radius 2 is 1.91 bits per heavy atom. The topological polar surface area (TPSA) is 79.3 Å². The van der Waals surface area contributed by atoms with Gasteiger partial charge in [0, 0.05) is 36.6 Å². The molecule has 7 nitrogen and oxygen atoms in total. The first-order chi connectivity index (χ1) is 15.6. The smallest absolute Gasteiger partial charge is 0.295 e. The van der Waals surface area contributed by atoms with Crippen LogP contribution in [-0.2, 0) is 14.3 Å². The fourth-order valence-corrected chi connectivity index (χ4v) is 4.86. The van der Waals surface area contributed by atoms with E-state index in [0.29, 0.717) is 44.2 Å². The van der Waals surface area contributed by atoms with Crippen molar-refractivity contribution in [2.24, 2.45) is 0 Å². The number of ketones is 1.